The molecule has 1 fully saturated rings. The summed E-state index contributed by atoms with van der Waals surface area (Å²) < 4.78 is 0. The summed E-state index contributed by atoms with van der Waals surface area (Å²) in [5.41, 5.74) is 2.34. The lowest BCUT2D eigenvalue weighted by molar-refractivity contribution is -0.130. The highest BCUT2D eigenvalue weighted by Crippen LogP contribution is 2.19. The van der Waals surface area contributed by atoms with Gasteiger partial charge in [0.25, 0.3) is 5.91 Å². The zero-order valence-corrected chi connectivity index (χ0v) is 16.1. The van der Waals surface area contributed by atoms with Crippen molar-refractivity contribution in [2.75, 3.05) is 37.6 Å². The number of amides is 2. The number of piperazine rings is 1. The number of carbonyl (C=O) groups is 2. The van der Waals surface area contributed by atoms with E-state index in [1.54, 1.807) is 11.0 Å². The van der Waals surface area contributed by atoms with Crippen molar-refractivity contribution >= 4 is 29.1 Å². The van der Waals surface area contributed by atoms with Gasteiger partial charge in [-0.25, -0.2) is 0 Å². The van der Waals surface area contributed by atoms with Crippen molar-refractivity contribution in [1.29, 1.82) is 0 Å². The summed E-state index contributed by atoms with van der Waals surface area (Å²) in [6.45, 7) is 4.80. The fourth-order valence-electron chi connectivity index (χ4n) is 3.10. The number of nitrogens with one attached hydrogen (secondary N) is 2. The van der Waals surface area contributed by atoms with Crippen LogP contribution in [0, 0.1) is 0 Å². The van der Waals surface area contributed by atoms with Crippen LogP contribution < -0.4 is 10.2 Å². The first kappa shape index (κ1) is 19.2. The maximum atomic E-state index is 12.4. The Bertz CT molecular complexity index is 782. The van der Waals surface area contributed by atoms with Gasteiger partial charge in [0.1, 0.15) is 5.69 Å². The van der Waals surface area contributed by atoms with E-state index in [9.17, 15) is 9.59 Å². The average molecular weight is 390 g/mol. The van der Waals surface area contributed by atoms with Crippen molar-refractivity contribution in [1.82, 2.24) is 20.4 Å². The summed E-state index contributed by atoms with van der Waals surface area (Å²) in [5.74, 6) is -0.412. The normalized spacial score (nSPS) is 14.3. The van der Waals surface area contributed by atoms with E-state index in [1.165, 1.54) is 0 Å². The molecule has 0 atom stereocenters. The average Bonchev–Trinajstić information content (AvgIpc) is 3.16. The van der Waals surface area contributed by atoms with Crippen LogP contribution in [-0.2, 0) is 11.2 Å². The Morgan fingerprint density at radius 2 is 1.89 bits per heavy atom. The number of aromatic nitrogens is 2. The van der Waals surface area contributed by atoms with E-state index in [0.717, 1.165) is 37.3 Å². The first-order valence-corrected chi connectivity index (χ1v) is 9.55. The summed E-state index contributed by atoms with van der Waals surface area (Å²) in [4.78, 5) is 28.5. The minimum absolute atomic E-state index is 0.0181. The first-order valence-electron chi connectivity index (χ1n) is 9.17. The smallest absolute Gasteiger partial charge is 0.272 e. The molecule has 0 aliphatic carbocycles. The molecule has 0 bridgehead atoms. The Morgan fingerprint density at radius 1 is 1.19 bits per heavy atom. The van der Waals surface area contributed by atoms with Gasteiger partial charge in [-0.1, -0.05) is 24.9 Å². The van der Waals surface area contributed by atoms with Crippen molar-refractivity contribution < 1.29 is 9.59 Å². The largest absolute Gasteiger partial charge is 0.368 e. The molecule has 27 heavy (non-hydrogen) atoms. The highest BCUT2D eigenvalue weighted by atomic mass is 35.5. The molecular weight excluding hydrogens is 366 g/mol. The Morgan fingerprint density at radius 3 is 2.56 bits per heavy atom. The minimum atomic E-state index is -0.332. The van der Waals surface area contributed by atoms with Gasteiger partial charge >= 0.3 is 0 Å². The second kappa shape index (κ2) is 8.90. The lowest BCUT2D eigenvalue weighted by atomic mass is 10.2. The van der Waals surface area contributed by atoms with Crippen LogP contribution in [0.15, 0.2) is 30.3 Å². The van der Waals surface area contributed by atoms with E-state index in [0.29, 0.717) is 23.8 Å². The van der Waals surface area contributed by atoms with Gasteiger partial charge in [-0.2, -0.15) is 5.10 Å². The van der Waals surface area contributed by atoms with Crippen LogP contribution in [0.2, 0.25) is 5.02 Å². The molecule has 3 rings (SSSR count). The van der Waals surface area contributed by atoms with Crippen LogP contribution in [0.5, 0.6) is 0 Å². The maximum Gasteiger partial charge on any atom is 0.272 e. The molecule has 2 amide bonds. The molecule has 7 nitrogen and oxygen atoms in total. The molecule has 0 radical (unpaired) electrons. The van der Waals surface area contributed by atoms with Gasteiger partial charge in [-0.15, -0.1) is 0 Å². The number of carbonyl (C=O) groups excluding carboxylic acids is 2. The predicted molar refractivity (Wildman–Crippen MR) is 105 cm³/mol. The SMILES string of the molecule is CCCc1cc(C(=O)NCC(=O)N2CCN(c3ccc(Cl)cc3)CC2)n[nH]1. The molecule has 2 heterocycles. The number of aryl methyl sites for hydroxylation is 1. The number of aromatic amines is 1. The third-order valence-corrected chi connectivity index (χ3v) is 4.86. The molecule has 0 spiro atoms. The number of benzene rings is 1. The maximum absolute atomic E-state index is 12.4. The highest BCUT2D eigenvalue weighted by molar-refractivity contribution is 6.30. The number of nitrogens with zero attached hydrogens (tertiary/aromatic N) is 3. The third-order valence-electron chi connectivity index (χ3n) is 4.61. The van der Waals surface area contributed by atoms with Gasteiger partial charge in [-0.3, -0.25) is 14.7 Å². The topological polar surface area (TPSA) is 81.3 Å². The molecule has 0 saturated carbocycles. The fraction of sp³-hybridized carbons (Fsp3) is 0.421. The summed E-state index contributed by atoms with van der Waals surface area (Å²) in [6.07, 6.45) is 1.82. The quantitative estimate of drug-likeness (QED) is 0.792. The van der Waals surface area contributed by atoms with E-state index in [1.807, 2.05) is 24.3 Å². The molecule has 2 N–H and O–H groups in total. The number of hydrogen-bond acceptors (Lipinski definition) is 4. The third kappa shape index (κ3) is 5.01. The molecule has 1 aromatic heterocycles. The molecule has 1 aliphatic rings. The molecule has 1 aliphatic heterocycles. The number of H-pyrrole nitrogens is 1. The van der Waals surface area contributed by atoms with Crippen molar-refractivity contribution in [2.24, 2.45) is 0 Å². The van der Waals surface area contributed by atoms with Crippen molar-refractivity contribution in [3.8, 4) is 0 Å². The monoisotopic (exact) mass is 389 g/mol. The fourth-order valence-corrected chi connectivity index (χ4v) is 3.23. The van der Waals surface area contributed by atoms with E-state index in [4.69, 9.17) is 11.6 Å². The van der Waals surface area contributed by atoms with Gasteiger partial charge in [0, 0.05) is 42.6 Å². The second-order valence-electron chi connectivity index (χ2n) is 6.56. The Labute approximate surface area is 163 Å². The van der Waals surface area contributed by atoms with Crippen molar-refractivity contribution in [2.45, 2.75) is 19.8 Å². The van der Waals surface area contributed by atoms with E-state index >= 15 is 0 Å². The molecule has 144 valence electrons. The molecule has 2 aromatic rings. The van der Waals surface area contributed by atoms with Gasteiger partial charge in [0.05, 0.1) is 6.54 Å². The summed E-state index contributed by atoms with van der Waals surface area (Å²) in [6, 6.07) is 9.43. The van der Waals surface area contributed by atoms with Crippen LogP contribution in [0.3, 0.4) is 0 Å². The summed E-state index contributed by atoms with van der Waals surface area (Å²) >= 11 is 5.92. The number of halogens is 1. The number of hydrogen-bond donors (Lipinski definition) is 2. The molecule has 8 heteroatoms. The van der Waals surface area contributed by atoms with Crippen LogP contribution in [0.25, 0.3) is 0 Å². The molecule has 1 saturated heterocycles. The predicted octanol–water partition coefficient (Wildman–Crippen LogP) is 2.09. The van der Waals surface area contributed by atoms with Crippen LogP contribution in [0.1, 0.15) is 29.5 Å². The minimum Gasteiger partial charge on any atom is -0.368 e. The molecule has 0 unspecified atom stereocenters. The zero-order valence-electron chi connectivity index (χ0n) is 15.4. The Balaban J connectivity index is 1.45. The lowest BCUT2D eigenvalue weighted by Gasteiger charge is -2.36. The van der Waals surface area contributed by atoms with E-state index < -0.39 is 0 Å². The number of rotatable bonds is 6. The zero-order chi connectivity index (χ0) is 19.2. The molecule has 1 aromatic carbocycles. The van der Waals surface area contributed by atoms with Gasteiger partial charge in [0.15, 0.2) is 0 Å². The van der Waals surface area contributed by atoms with Crippen molar-refractivity contribution in [3.05, 3.63) is 46.7 Å². The highest BCUT2D eigenvalue weighted by Gasteiger charge is 2.22. The first-order chi connectivity index (χ1) is 13.1. The number of anilines is 1. The van der Waals surface area contributed by atoms with Gasteiger partial charge in [-0.05, 0) is 36.8 Å². The molecular formula is C19H24ClN5O2. The second-order valence-corrected chi connectivity index (χ2v) is 6.99. The summed E-state index contributed by atoms with van der Waals surface area (Å²) in [5, 5.41) is 10.2. The van der Waals surface area contributed by atoms with Crippen molar-refractivity contribution in [3.63, 3.8) is 0 Å². The van der Waals surface area contributed by atoms with Crippen LogP contribution in [0.4, 0.5) is 5.69 Å². The van der Waals surface area contributed by atoms with E-state index in [2.05, 4.69) is 27.3 Å². The van der Waals surface area contributed by atoms with Crippen LogP contribution in [-0.4, -0.2) is 59.6 Å². The van der Waals surface area contributed by atoms with Gasteiger partial charge in [0.2, 0.25) is 5.91 Å². The Hall–Kier alpha value is -2.54. The summed E-state index contributed by atoms with van der Waals surface area (Å²) in [7, 11) is 0. The Kier molecular flexibility index (Phi) is 6.34. The lowest BCUT2D eigenvalue weighted by Crippen LogP contribution is -2.51. The van der Waals surface area contributed by atoms with E-state index in [-0.39, 0.29) is 18.4 Å². The van der Waals surface area contributed by atoms with Crippen LogP contribution >= 0.6 is 11.6 Å². The standard InChI is InChI=1S/C19H24ClN5O2/c1-2-3-15-12-17(23-22-15)19(27)21-13-18(26)25-10-8-24(9-11-25)16-6-4-14(20)5-7-16/h4-7,12H,2-3,8-11,13H2,1H3,(H,21,27)(H,22,23). The van der Waals surface area contributed by atoms with Gasteiger partial charge < -0.3 is 15.1 Å².